The predicted octanol–water partition coefficient (Wildman–Crippen LogP) is 3.65. The standard InChI is InChI=1S/C19H20O4/c1-14(2)13-22-19(21)16-8-10-17(11-9-16)23-18(20)12-15-6-4-3-5-7-15/h3-11,14H,12-13H2,1-2H3. The molecule has 0 aliphatic carbocycles. The zero-order valence-electron chi connectivity index (χ0n) is 13.3. The molecule has 0 N–H and O–H groups in total. The number of rotatable bonds is 6. The molecular weight excluding hydrogens is 292 g/mol. The third kappa shape index (κ3) is 5.58. The van der Waals surface area contributed by atoms with Crippen LogP contribution in [-0.4, -0.2) is 18.5 Å². The van der Waals surface area contributed by atoms with Gasteiger partial charge in [0.2, 0.25) is 0 Å². The van der Waals surface area contributed by atoms with Crippen LogP contribution in [0.4, 0.5) is 0 Å². The van der Waals surface area contributed by atoms with Crippen LogP contribution in [0.5, 0.6) is 5.75 Å². The van der Waals surface area contributed by atoms with Crippen LogP contribution in [0.3, 0.4) is 0 Å². The molecule has 2 rings (SSSR count). The van der Waals surface area contributed by atoms with Crippen molar-refractivity contribution in [2.75, 3.05) is 6.61 Å². The van der Waals surface area contributed by atoms with E-state index in [0.29, 0.717) is 17.9 Å². The molecule has 0 radical (unpaired) electrons. The Bertz CT molecular complexity index is 645. The van der Waals surface area contributed by atoms with Gasteiger partial charge in [-0.15, -0.1) is 0 Å². The van der Waals surface area contributed by atoms with E-state index >= 15 is 0 Å². The lowest BCUT2D eigenvalue weighted by Gasteiger charge is -2.08. The van der Waals surface area contributed by atoms with E-state index in [1.807, 2.05) is 44.2 Å². The largest absolute Gasteiger partial charge is 0.462 e. The normalized spacial score (nSPS) is 10.4. The zero-order chi connectivity index (χ0) is 16.7. The number of carbonyl (C=O) groups excluding carboxylic acids is 2. The van der Waals surface area contributed by atoms with Crippen LogP contribution in [0.15, 0.2) is 54.6 Å². The van der Waals surface area contributed by atoms with E-state index in [1.165, 1.54) is 0 Å². The smallest absolute Gasteiger partial charge is 0.338 e. The molecule has 2 aromatic carbocycles. The Hall–Kier alpha value is -2.62. The number of hydrogen-bond donors (Lipinski definition) is 0. The average Bonchev–Trinajstić information content (AvgIpc) is 2.54. The van der Waals surface area contributed by atoms with Crippen molar-refractivity contribution < 1.29 is 19.1 Å². The average molecular weight is 312 g/mol. The van der Waals surface area contributed by atoms with Crippen molar-refractivity contribution in [1.82, 2.24) is 0 Å². The molecule has 0 saturated carbocycles. The fraction of sp³-hybridized carbons (Fsp3) is 0.263. The molecule has 0 heterocycles. The molecule has 4 nitrogen and oxygen atoms in total. The van der Waals surface area contributed by atoms with Gasteiger partial charge in [0, 0.05) is 0 Å². The van der Waals surface area contributed by atoms with Crippen LogP contribution in [0.25, 0.3) is 0 Å². The fourth-order valence-electron chi connectivity index (χ4n) is 1.91. The predicted molar refractivity (Wildman–Crippen MR) is 87.3 cm³/mol. The van der Waals surface area contributed by atoms with Crippen LogP contribution in [0.2, 0.25) is 0 Å². The van der Waals surface area contributed by atoms with Crippen molar-refractivity contribution >= 4 is 11.9 Å². The van der Waals surface area contributed by atoms with Crippen molar-refractivity contribution in [1.29, 1.82) is 0 Å². The van der Waals surface area contributed by atoms with Gasteiger partial charge in [0.25, 0.3) is 0 Å². The molecule has 0 saturated heterocycles. The highest BCUT2D eigenvalue weighted by molar-refractivity contribution is 5.89. The molecule has 0 fully saturated rings. The highest BCUT2D eigenvalue weighted by Gasteiger charge is 2.10. The van der Waals surface area contributed by atoms with Crippen molar-refractivity contribution in [3.8, 4) is 5.75 Å². The Balaban J connectivity index is 1.89. The van der Waals surface area contributed by atoms with Gasteiger partial charge in [-0.05, 0) is 35.7 Å². The first-order valence-corrected chi connectivity index (χ1v) is 7.56. The minimum atomic E-state index is -0.374. The maximum atomic E-state index is 11.9. The Labute approximate surface area is 136 Å². The zero-order valence-corrected chi connectivity index (χ0v) is 13.3. The van der Waals surface area contributed by atoms with E-state index < -0.39 is 0 Å². The van der Waals surface area contributed by atoms with Crippen molar-refractivity contribution in [2.24, 2.45) is 5.92 Å². The summed E-state index contributed by atoms with van der Waals surface area (Å²) in [7, 11) is 0. The summed E-state index contributed by atoms with van der Waals surface area (Å²) in [5.74, 6) is -0.0179. The minimum Gasteiger partial charge on any atom is -0.462 e. The Morgan fingerprint density at radius 1 is 0.957 bits per heavy atom. The molecule has 0 bridgehead atoms. The Morgan fingerprint density at radius 2 is 1.61 bits per heavy atom. The summed E-state index contributed by atoms with van der Waals surface area (Å²) in [5, 5.41) is 0. The first-order valence-electron chi connectivity index (χ1n) is 7.56. The number of benzene rings is 2. The summed E-state index contributed by atoms with van der Waals surface area (Å²) >= 11 is 0. The van der Waals surface area contributed by atoms with Crippen LogP contribution in [-0.2, 0) is 16.0 Å². The number of hydrogen-bond acceptors (Lipinski definition) is 4. The highest BCUT2D eigenvalue weighted by Crippen LogP contribution is 2.14. The van der Waals surface area contributed by atoms with Gasteiger partial charge >= 0.3 is 11.9 Å². The van der Waals surface area contributed by atoms with E-state index in [1.54, 1.807) is 24.3 Å². The summed E-state index contributed by atoms with van der Waals surface area (Å²) in [6, 6.07) is 15.8. The summed E-state index contributed by atoms with van der Waals surface area (Å²) in [5.41, 5.74) is 1.33. The van der Waals surface area contributed by atoms with Crippen molar-refractivity contribution in [2.45, 2.75) is 20.3 Å². The molecule has 120 valence electrons. The first kappa shape index (κ1) is 16.7. The Morgan fingerprint density at radius 3 is 2.22 bits per heavy atom. The summed E-state index contributed by atoms with van der Waals surface area (Å²) in [4.78, 5) is 23.7. The molecule has 2 aromatic rings. The van der Waals surface area contributed by atoms with E-state index in [0.717, 1.165) is 5.56 Å². The lowest BCUT2D eigenvalue weighted by Crippen LogP contribution is -2.12. The third-order valence-corrected chi connectivity index (χ3v) is 3.06. The number of carbonyl (C=O) groups is 2. The summed E-state index contributed by atoms with van der Waals surface area (Å²) < 4.78 is 10.4. The molecule has 0 spiro atoms. The number of ether oxygens (including phenoxy) is 2. The highest BCUT2D eigenvalue weighted by atomic mass is 16.5. The van der Waals surface area contributed by atoms with Crippen molar-refractivity contribution in [3.63, 3.8) is 0 Å². The molecular formula is C19H20O4. The quantitative estimate of drug-likeness (QED) is 0.603. The molecule has 23 heavy (non-hydrogen) atoms. The molecule has 0 amide bonds. The lowest BCUT2D eigenvalue weighted by atomic mass is 10.1. The molecule has 0 aliphatic heterocycles. The van der Waals surface area contributed by atoms with E-state index in [-0.39, 0.29) is 24.3 Å². The maximum Gasteiger partial charge on any atom is 0.338 e. The number of esters is 2. The fourth-order valence-corrected chi connectivity index (χ4v) is 1.91. The maximum absolute atomic E-state index is 11.9. The van der Waals surface area contributed by atoms with Crippen LogP contribution < -0.4 is 4.74 Å². The monoisotopic (exact) mass is 312 g/mol. The minimum absolute atomic E-state index is 0.207. The molecule has 0 unspecified atom stereocenters. The first-order chi connectivity index (χ1) is 11.0. The second-order valence-electron chi connectivity index (χ2n) is 5.65. The molecule has 0 atom stereocenters. The van der Waals surface area contributed by atoms with E-state index in [9.17, 15) is 9.59 Å². The van der Waals surface area contributed by atoms with Gasteiger partial charge in [-0.25, -0.2) is 4.79 Å². The second-order valence-corrected chi connectivity index (χ2v) is 5.65. The van der Waals surface area contributed by atoms with Gasteiger partial charge < -0.3 is 9.47 Å². The van der Waals surface area contributed by atoms with Crippen LogP contribution in [0.1, 0.15) is 29.8 Å². The van der Waals surface area contributed by atoms with Gasteiger partial charge in [-0.3, -0.25) is 4.79 Å². The van der Waals surface area contributed by atoms with Crippen molar-refractivity contribution in [3.05, 3.63) is 65.7 Å². The van der Waals surface area contributed by atoms with Gasteiger partial charge in [0.1, 0.15) is 5.75 Å². The third-order valence-electron chi connectivity index (χ3n) is 3.06. The van der Waals surface area contributed by atoms with Gasteiger partial charge in [0.05, 0.1) is 18.6 Å². The SMILES string of the molecule is CC(C)COC(=O)c1ccc(OC(=O)Cc2ccccc2)cc1. The van der Waals surface area contributed by atoms with Gasteiger partial charge in [-0.2, -0.15) is 0 Å². The molecule has 0 aliphatic rings. The Kier molecular flexibility index (Phi) is 5.92. The van der Waals surface area contributed by atoms with E-state index in [2.05, 4.69) is 0 Å². The summed E-state index contributed by atoms with van der Waals surface area (Å²) in [6.45, 7) is 4.33. The van der Waals surface area contributed by atoms with Crippen LogP contribution in [0, 0.1) is 5.92 Å². The van der Waals surface area contributed by atoms with Gasteiger partial charge in [-0.1, -0.05) is 44.2 Å². The molecule has 4 heteroatoms. The van der Waals surface area contributed by atoms with E-state index in [4.69, 9.17) is 9.47 Å². The topological polar surface area (TPSA) is 52.6 Å². The molecule has 0 aromatic heterocycles. The van der Waals surface area contributed by atoms with Crippen LogP contribution >= 0.6 is 0 Å². The lowest BCUT2D eigenvalue weighted by molar-refractivity contribution is -0.133. The van der Waals surface area contributed by atoms with Gasteiger partial charge in [0.15, 0.2) is 0 Å². The second kappa shape index (κ2) is 8.13. The summed E-state index contributed by atoms with van der Waals surface area (Å²) in [6.07, 6.45) is 0.207.